The molecular formula is C17H20ClNO2. The molecule has 0 unspecified atom stereocenters. The van der Waals surface area contributed by atoms with Gasteiger partial charge in [-0.3, -0.25) is 0 Å². The maximum Gasteiger partial charge on any atom is 0.123 e. The lowest BCUT2D eigenvalue weighted by Gasteiger charge is -2.17. The van der Waals surface area contributed by atoms with E-state index >= 15 is 0 Å². The summed E-state index contributed by atoms with van der Waals surface area (Å²) in [5.74, 6) is 0.795. The zero-order valence-corrected chi connectivity index (χ0v) is 12.8. The summed E-state index contributed by atoms with van der Waals surface area (Å²) in [5.41, 5.74) is 2.18. The van der Waals surface area contributed by atoms with Crippen LogP contribution in [0.2, 0.25) is 5.02 Å². The van der Waals surface area contributed by atoms with Crippen molar-refractivity contribution in [2.45, 2.75) is 19.0 Å². The molecule has 0 saturated carbocycles. The molecule has 0 aliphatic heterocycles. The number of aliphatic hydroxyl groups excluding tert-OH is 1. The van der Waals surface area contributed by atoms with Gasteiger partial charge in [-0.25, -0.2) is 0 Å². The van der Waals surface area contributed by atoms with Crippen LogP contribution < -0.4 is 10.1 Å². The number of hydrogen-bond donors (Lipinski definition) is 2. The summed E-state index contributed by atoms with van der Waals surface area (Å²) in [4.78, 5) is 0. The summed E-state index contributed by atoms with van der Waals surface area (Å²) in [7, 11) is 1.64. The fourth-order valence-electron chi connectivity index (χ4n) is 2.24. The van der Waals surface area contributed by atoms with Crippen LogP contribution in [0.5, 0.6) is 5.75 Å². The first-order chi connectivity index (χ1) is 10.2. The Morgan fingerprint density at radius 1 is 1.19 bits per heavy atom. The van der Waals surface area contributed by atoms with Crippen molar-refractivity contribution in [1.82, 2.24) is 5.32 Å². The van der Waals surface area contributed by atoms with Gasteiger partial charge in [-0.15, -0.1) is 0 Å². The molecule has 0 spiro atoms. The molecule has 4 heteroatoms. The second kappa shape index (κ2) is 8.03. The highest BCUT2D eigenvalue weighted by atomic mass is 35.5. The smallest absolute Gasteiger partial charge is 0.123 e. The van der Waals surface area contributed by atoms with Gasteiger partial charge in [0.05, 0.1) is 13.7 Å². The van der Waals surface area contributed by atoms with Crippen molar-refractivity contribution >= 4 is 11.6 Å². The van der Waals surface area contributed by atoms with Gasteiger partial charge in [0.1, 0.15) is 5.75 Å². The fourth-order valence-corrected chi connectivity index (χ4v) is 2.43. The number of halogens is 1. The van der Waals surface area contributed by atoms with Gasteiger partial charge in [-0.05, 0) is 30.2 Å². The Kier molecular flexibility index (Phi) is 6.05. The lowest BCUT2D eigenvalue weighted by atomic mass is 10.1. The highest BCUT2D eigenvalue weighted by molar-refractivity contribution is 6.30. The molecule has 0 aliphatic rings. The van der Waals surface area contributed by atoms with Gasteiger partial charge in [0.15, 0.2) is 0 Å². The molecule has 2 rings (SSSR count). The summed E-state index contributed by atoms with van der Waals surface area (Å²) in [6.07, 6.45) is 0.778. The van der Waals surface area contributed by atoms with Gasteiger partial charge >= 0.3 is 0 Å². The van der Waals surface area contributed by atoms with E-state index in [1.807, 2.05) is 30.3 Å². The fraction of sp³-hybridized carbons (Fsp3) is 0.294. The predicted octanol–water partition coefficient (Wildman–Crippen LogP) is 3.04. The third-order valence-electron chi connectivity index (χ3n) is 3.37. The average molecular weight is 306 g/mol. The van der Waals surface area contributed by atoms with Crippen molar-refractivity contribution in [3.8, 4) is 5.75 Å². The van der Waals surface area contributed by atoms with Crippen LogP contribution in [0.1, 0.15) is 11.1 Å². The maximum atomic E-state index is 9.53. The summed E-state index contributed by atoms with van der Waals surface area (Å²) in [5, 5.41) is 13.6. The molecule has 0 fully saturated rings. The van der Waals surface area contributed by atoms with Crippen LogP contribution in [0.4, 0.5) is 0 Å². The quantitative estimate of drug-likeness (QED) is 0.826. The normalized spacial score (nSPS) is 12.1. The number of rotatable bonds is 7. The molecule has 0 radical (unpaired) electrons. The SMILES string of the molecule is COc1ccc(Cl)cc1CN[C@H](CO)Cc1ccccc1. The molecule has 2 N–H and O–H groups in total. The number of methoxy groups -OCH3 is 1. The maximum absolute atomic E-state index is 9.53. The van der Waals surface area contributed by atoms with Crippen LogP contribution in [0.25, 0.3) is 0 Å². The molecular weight excluding hydrogens is 286 g/mol. The van der Waals surface area contributed by atoms with Crippen LogP contribution in [0, 0.1) is 0 Å². The molecule has 0 amide bonds. The summed E-state index contributed by atoms with van der Waals surface area (Å²) >= 11 is 6.02. The third kappa shape index (κ3) is 4.74. The Hall–Kier alpha value is -1.55. The van der Waals surface area contributed by atoms with E-state index in [0.717, 1.165) is 17.7 Å². The minimum Gasteiger partial charge on any atom is -0.496 e. The molecule has 112 valence electrons. The Morgan fingerprint density at radius 3 is 2.62 bits per heavy atom. The Bertz CT molecular complexity index is 560. The molecule has 0 bridgehead atoms. The lowest BCUT2D eigenvalue weighted by molar-refractivity contribution is 0.240. The van der Waals surface area contributed by atoms with Crippen LogP contribution >= 0.6 is 11.6 Å². The number of aliphatic hydroxyl groups is 1. The molecule has 0 saturated heterocycles. The van der Waals surface area contributed by atoms with Gasteiger partial charge in [0, 0.05) is 23.2 Å². The van der Waals surface area contributed by atoms with E-state index in [1.165, 1.54) is 5.56 Å². The number of nitrogens with one attached hydrogen (secondary N) is 1. The zero-order valence-electron chi connectivity index (χ0n) is 12.1. The van der Waals surface area contributed by atoms with E-state index in [2.05, 4.69) is 17.4 Å². The van der Waals surface area contributed by atoms with Gasteiger partial charge in [-0.1, -0.05) is 41.9 Å². The van der Waals surface area contributed by atoms with Gasteiger partial charge in [0.25, 0.3) is 0 Å². The Morgan fingerprint density at radius 2 is 1.95 bits per heavy atom. The topological polar surface area (TPSA) is 41.5 Å². The second-order valence-corrected chi connectivity index (χ2v) is 5.34. The lowest BCUT2D eigenvalue weighted by Crippen LogP contribution is -2.34. The first kappa shape index (κ1) is 15.8. The highest BCUT2D eigenvalue weighted by Gasteiger charge is 2.10. The van der Waals surface area contributed by atoms with E-state index < -0.39 is 0 Å². The molecule has 0 heterocycles. The van der Waals surface area contributed by atoms with E-state index in [-0.39, 0.29) is 12.6 Å². The van der Waals surface area contributed by atoms with Crippen LogP contribution in [-0.2, 0) is 13.0 Å². The van der Waals surface area contributed by atoms with Crippen molar-refractivity contribution in [3.05, 3.63) is 64.7 Å². The summed E-state index contributed by atoms with van der Waals surface area (Å²) < 4.78 is 5.32. The van der Waals surface area contributed by atoms with E-state index in [9.17, 15) is 5.11 Å². The number of ether oxygens (including phenoxy) is 1. The Labute approximate surface area is 130 Å². The number of hydrogen-bond acceptors (Lipinski definition) is 3. The van der Waals surface area contributed by atoms with E-state index in [1.54, 1.807) is 13.2 Å². The van der Waals surface area contributed by atoms with Crippen molar-refractivity contribution < 1.29 is 9.84 Å². The second-order valence-electron chi connectivity index (χ2n) is 4.91. The number of benzene rings is 2. The predicted molar refractivity (Wildman–Crippen MR) is 85.9 cm³/mol. The highest BCUT2D eigenvalue weighted by Crippen LogP contribution is 2.22. The van der Waals surface area contributed by atoms with Gasteiger partial charge < -0.3 is 15.2 Å². The first-order valence-electron chi connectivity index (χ1n) is 6.93. The monoisotopic (exact) mass is 305 g/mol. The Balaban J connectivity index is 1.98. The standard InChI is InChI=1S/C17H20ClNO2/c1-21-17-8-7-15(18)10-14(17)11-19-16(12-20)9-13-5-3-2-4-6-13/h2-8,10,16,19-20H,9,11-12H2,1H3/t16-/m0/s1. The summed E-state index contributed by atoms with van der Waals surface area (Å²) in [6, 6.07) is 15.6. The van der Waals surface area contributed by atoms with Crippen molar-refractivity contribution in [2.24, 2.45) is 0 Å². The minimum atomic E-state index is -0.00362. The largest absolute Gasteiger partial charge is 0.496 e. The minimum absolute atomic E-state index is 0.00362. The molecule has 21 heavy (non-hydrogen) atoms. The van der Waals surface area contributed by atoms with Crippen LogP contribution in [0.3, 0.4) is 0 Å². The molecule has 3 nitrogen and oxygen atoms in total. The molecule has 0 aliphatic carbocycles. The first-order valence-corrected chi connectivity index (χ1v) is 7.31. The molecule has 0 aromatic heterocycles. The van der Waals surface area contributed by atoms with Crippen molar-refractivity contribution in [3.63, 3.8) is 0 Å². The van der Waals surface area contributed by atoms with Crippen molar-refractivity contribution in [2.75, 3.05) is 13.7 Å². The molecule has 1 atom stereocenters. The molecule has 2 aromatic rings. The van der Waals surface area contributed by atoms with Gasteiger partial charge in [-0.2, -0.15) is 0 Å². The van der Waals surface area contributed by atoms with E-state index in [0.29, 0.717) is 11.6 Å². The zero-order chi connectivity index (χ0) is 15.1. The van der Waals surface area contributed by atoms with E-state index in [4.69, 9.17) is 16.3 Å². The third-order valence-corrected chi connectivity index (χ3v) is 3.60. The van der Waals surface area contributed by atoms with Gasteiger partial charge in [0.2, 0.25) is 0 Å². The van der Waals surface area contributed by atoms with Crippen molar-refractivity contribution in [1.29, 1.82) is 0 Å². The summed E-state index contributed by atoms with van der Waals surface area (Å²) in [6.45, 7) is 0.680. The van der Waals surface area contributed by atoms with Crippen LogP contribution in [-0.4, -0.2) is 24.9 Å². The molecule has 2 aromatic carbocycles. The van der Waals surface area contributed by atoms with Crippen LogP contribution in [0.15, 0.2) is 48.5 Å². The average Bonchev–Trinajstić information content (AvgIpc) is 2.52.